The molecular formula is C13H17F3N2O2. The Balaban J connectivity index is 2.68. The normalized spacial score (nSPS) is 12.3. The van der Waals surface area contributed by atoms with E-state index in [1.165, 1.54) is 0 Å². The number of carbonyl (C=O) groups is 1. The summed E-state index contributed by atoms with van der Waals surface area (Å²) in [5.74, 6) is -3.43. The van der Waals surface area contributed by atoms with Crippen molar-refractivity contribution in [3.63, 3.8) is 0 Å². The van der Waals surface area contributed by atoms with Crippen molar-refractivity contribution in [2.45, 2.75) is 26.3 Å². The maximum absolute atomic E-state index is 13.3. The molecule has 0 spiro atoms. The van der Waals surface area contributed by atoms with Crippen LogP contribution in [0.1, 0.15) is 20.3 Å². The number of anilines is 1. The molecule has 0 saturated carbocycles. The lowest BCUT2D eigenvalue weighted by atomic mass is 10.0. The minimum atomic E-state index is -1.33. The van der Waals surface area contributed by atoms with E-state index in [-0.39, 0.29) is 12.5 Å². The fourth-order valence-electron chi connectivity index (χ4n) is 1.71. The first kappa shape index (κ1) is 16.3. The summed E-state index contributed by atoms with van der Waals surface area (Å²) in [6.07, 6.45) is 0.532. The van der Waals surface area contributed by atoms with Gasteiger partial charge in [0.15, 0.2) is 11.6 Å². The zero-order chi connectivity index (χ0) is 15.3. The topological polar surface area (TPSA) is 61.4 Å². The van der Waals surface area contributed by atoms with Gasteiger partial charge in [0.05, 0.1) is 18.3 Å². The third-order valence-electron chi connectivity index (χ3n) is 2.57. The van der Waals surface area contributed by atoms with E-state index in [2.05, 4.69) is 10.6 Å². The lowest BCUT2D eigenvalue weighted by Crippen LogP contribution is -2.41. The number of halogens is 3. The summed E-state index contributed by atoms with van der Waals surface area (Å²) in [6, 6.07) is -0.388. The first-order valence-electron chi connectivity index (χ1n) is 6.16. The van der Waals surface area contributed by atoms with Crippen molar-refractivity contribution < 1.29 is 23.1 Å². The highest BCUT2D eigenvalue weighted by atomic mass is 19.2. The van der Waals surface area contributed by atoms with Crippen LogP contribution in [0.4, 0.5) is 23.7 Å². The van der Waals surface area contributed by atoms with E-state index in [9.17, 15) is 18.0 Å². The highest BCUT2D eigenvalue weighted by molar-refractivity contribution is 5.89. The number of urea groups is 1. The van der Waals surface area contributed by atoms with E-state index in [0.717, 1.165) is 0 Å². The van der Waals surface area contributed by atoms with Gasteiger partial charge in [-0.15, -0.1) is 0 Å². The van der Waals surface area contributed by atoms with Crippen LogP contribution >= 0.6 is 0 Å². The molecule has 1 aromatic carbocycles. The molecule has 0 unspecified atom stereocenters. The van der Waals surface area contributed by atoms with Gasteiger partial charge in [0.2, 0.25) is 0 Å². The molecule has 2 amide bonds. The number of nitrogens with one attached hydrogen (secondary N) is 2. The predicted molar refractivity (Wildman–Crippen MR) is 68.8 cm³/mol. The standard InChI is InChI=1S/C13H17F3N2O2/c1-7(2)3-8(6-19)17-13(20)18-12-5-10(15)9(14)4-11(12)16/h4-5,7-8,19H,3,6H2,1-2H3,(H2,17,18,20)/t8-/m0/s1. The minimum absolute atomic E-state index is 0.243. The molecular weight excluding hydrogens is 273 g/mol. The SMILES string of the molecule is CC(C)C[C@@H](CO)NC(=O)Nc1cc(F)c(F)cc1F. The monoisotopic (exact) mass is 290 g/mol. The molecule has 0 aliphatic carbocycles. The summed E-state index contributed by atoms with van der Waals surface area (Å²) >= 11 is 0. The molecule has 0 saturated heterocycles. The van der Waals surface area contributed by atoms with Crippen molar-refractivity contribution >= 4 is 11.7 Å². The molecule has 1 aromatic rings. The van der Waals surface area contributed by atoms with Crippen LogP contribution in [0.15, 0.2) is 12.1 Å². The largest absolute Gasteiger partial charge is 0.394 e. The van der Waals surface area contributed by atoms with E-state index in [1.54, 1.807) is 0 Å². The summed E-state index contributed by atoms with van der Waals surface area (Å²) < 4.78 is 39.0. The second-order valence-corrected chi connectivity index (χ2v) is 4.85. The Bertz CT molecular complexity index is 481. The van der Waals surface area contributed by atoms with E-state index < -0.39 is 35.2 Å². The number of aliphatic hydroxyl groups excluding tert-OH is 1. The molecule has 20 heavy (non-hydrogen) atoms. The smallest absolute Gasteiger partial charge is 0.319 e. The zero-order valence-corrected chi connectivity index (χ0v) is 11.2. The summed E-state index contributed by atoms with van der Waals surface area (Å²) in [4.78, 5) is 11.6. The highest BCUT2D eigenvalue weighted by Crippen LogP contribution is 2.18. The predicted octanol–water partition coefficient (Wildman–Crippen LogP) is 2.63. The second kappa shape index (κ2) is 7.14. The first-order chi connectivity index (χ1) is 9.33. The van der Waals surface area contributed by atoms with Gasteiger partial charge < -0.3 is 15.7 Å². The van der Waals surface area contributed by atoms with Crippen molar-refractivity contribution in [3.05, 3.63) is 29.6 Å². The number of hydrogen-bond donors (Lipinski definition) is 3. The Morgan fingerprint density at radius 1 is 1.20 bits per heavy atom. The molecule has 3 N–H and O–H groups in total. The fourth-order valence-corrected chi connectivity index (χ4v) is 1.71. The Hall–Kier alpha value is -1.76. The molecule has 0 radical (unpaired) electrons. The maximum atomic E-state index is 13.3. The maximum Gasteiger partial charge on any atom is 0.319 e. The molecule has 4 nitrogen and oxygen atoms in total. The average Bonchev–Trinajstić information content (AvgIpc) is 2.34. The Kier molecular flexibility index (Phi) is 5.82. The molecule has 0 heterocycles. The van der Waals surface area contributed by atoms with Crippen LogP contribution in [0, 0.1) is 23.4 Å². The van der Waals surface area contributed by atoms with Gasteiger partial charge in [-0.2, -0.15) is 0 Å². The third kappa shape index (κ3) is 4.73. The van der Waals surface area contributed by atoms with Gasteiger partial charge in [-0.3, -0.25) is 0 Å². The van der Waals surface area contributed by atoms with Crippen LogP contribution in [0.3, 0.4) is 0 Å². The molecule has 0 fully saturated rings. The third-order valence-corrected chi connectivity index (χ3v) is 2.57. The van der Waals surface area contributed by atoms with Crippen LogP contribution in [0.5, 0.6) is 0 Å². The second-order valence-electron chi connectivity index (χ2n) is 4.85. The van der Waals surface area contributed by atoms with Crippen LogP contribution in [0.2, 0.25) is 0 Å². The van der Waals surface area contributed by atoms with Crippen molar-refractivity contribution in [2.75, 3.05) is 11.9 Å². The number of aliphatic hydroxyl groups is 1. The highest BCUT2D eigenvalue weighted by Gasteiger charge is 2.16. The minimum Gasteiger partial charge on any atom is -0.394 e. The average molecular weight is 290 g/mol. The van der Waals surface area contributed by atoms with E-state index in [1.807, 2.05) is 13.8 Å². The van der Waals surface area contributed by atoms with Crippen LogP contribution in [-0.2, 0) is 0 Å². The summed E-state index contributed by atoms with van der Waals surface area (Å²) in [7, 11) is 0. The van der Waals surface area contributed by atoms with Gasteiger partial charge >= 0.3 is 6.03 Å². The number of rotatable bonds is 5. The molecule has 112 valence electrons. The van der Waals surface area contributed by atoms with E-state index >= 15 is 0 Å². The van der Waals surface area contributed by atoms with E-state index in [4.69, 9.17) is 5.11 Å². The van der Waals surface area contributed by atoms with Crippen molar-refractivity contribution in [3.8, 4) is 0 Å². The summed E-state index contributed by atoms with van der Waals surface area (Å²) in [5.41, 5.74) is -0.470. The zero-order valence-electron chi connectivity index (χ0n) is 11.2. The van der Waals surface area contributed by atoms with Gasteiger partial charge in [0.25, 0.3) is 0 Å². The number of carbonyl (C=O) groups excluding carboxylic acids is 1. The number of benzene rings is 1. The quantitative estimate of drug-likeness (QED) is 0.730. The Morgan fingerprint density at radius 2 is 1.80 bits per heavy atom. The molecule has 0 aliphatic rings. The van der Waals surface area contributed by atoms with E-state index in [0.29, 0.717) is 18.6 Å². The van der Waals surface area contributed by atoms with Gasteiger partial charge in [0.1, 0.15) is 5.82 Å². The van der Waals surface area contributed by atoms with Gasteiger partial charge in [-0.25, -0.2) is 18.0 Å². The van der Waals surface area contributed by atoms with Gasteiger partial charge in [0, 0.05) is 12.1 Å². The number of hydrogen-bond acceptors (Lipinski definition) is 2. The molecule has 0 aliphatic heterocycles. The summed E-state index contributed by atoms with van der Waals surface area (Å²) in [5, 5.41) is 13.6. The van der Waals surface area contributed by atoms with Crippen molar-refractivity contribution in [2.24, 2.45) is 5.92 Å². The first-order valence-corrected chi connectivity index (χ1v) is 6.16. The van der Waals surface area contributed by atoms with Crippen LogP contribution in [0.25, 0.3) is 0 Å². The number of amides is 2. The summed E-state index contributed by atoms with van der Waals surface area (Å²) in [6.45, 7) is 3.56. The van der Waals surface area contributed by atoms with Gasteiger partial charge in [-0.1, -0.05) is 13.8 Å². The lowest BCUT2D eigenvalue weighted by Gasteiger charge is -2.18. The lowest BCUT2D eigenvalue weighted by molar-refractivity contribution is 0.214. The Labute approximate surface area is 115 Å². The Morgan fingerprint density at radius 3 is 2.35 bits per heavy atom. The fraction of sp³-hybridized carbons (Fsp3) is 0.462. The molecule has 1 rings (SSSR count). The van der Waals surface area contributed by atoms with Crippen molar-refractivity contribution in [1.82, 2.24) is 5.32 Å². The molecule has 0 bridgehead atoms. The van der Waals surface area contributed by atoms with Crippen LogP contribution < -0.4 is 10.6 Å². The van der Waals surface area contributed by atoms with Crippen LogP contribution in [-0.4, -0.2) is 23.8 Å². The van der Waals surface area contributed by atoms with Gasteiger partial charge in [-0.05, 0) is 12.3 Å². The molecule has 0 aromatic heterocycles. The molecule has 7 heteroatoms. The van der Waals surface area contributed by atoms with Crippen molar-refractivity contribution in [1.29, 1.82) is 0 Å². The molecule has 1 atom stereocenters.